The standard InChI is InChI=1S/C21H20Cl2N2O4/c1-13(14-2-4-17(22)18(23)11-14)10-20(26)24-19-5-3-15(12-16(19)21(27)28)25-6-8-29-9-7-25/h2-5,10-12H,6-9H2,1H3,(H,24,26)(H,27,28)/b13-10-. The minimum absolute atomic E-state index is 0.0305. The van der Waals surface area contributed by atoms with Crippen molar-refractivity contribution in [2.75, 3.05) is 36.5 Å². The number of nitrogens with one attached hydrogen (secondary N) is 1. The number of anilines is 2. The number of carbonyl (C=O) groups excluding carboxylic acids is 1. The molecule has 3 rings (SSSR count). The lowest BCUT2D eigenvalue weighted by atomic mass is 10.1. The Kier molecular flexibility index (Phi) is 6.79. The maximum atomic E-state index is 12.4. The van der Waals surface area contributed by atoms with Gasteiger partial charge in [-0.15, -0.1) is 0 Å². The molecule has 2 aromatic rings. The minimum Gasteiger partial charge on any atom is -0.478 e. The van der Waals surface area contributed by atoms with Crippen LogP contribution in [0.15, 0.2) is 42.5 Å². The van der Waals surface area contributed by atoms with Gasteiger partial charge in [0.2, 0.25) is 5.91 Å². The molecule has 8 heteroatoms. The summed E-state index contributed by atoms with van der Waals surface area (Å²) in [6.07, 6.45) is 1.39. The average Bonchev–Trinajstić information content (AvgIpc) is 2.70. The zero-order chi connectivity index (χ0) is 21.0. The number of carboxylic acid groups (broad SMARTS) is 1. The fraction of sp³-hybridized carbons (Fsp3) is 0.238. The van der Waals surface area contributed by atoms with E-state index in [1.807, 2.05) is 0 Å². The van der Waals surface area contributed by atoms with Crippen LogP contribution in [-0.4, -0.2) is 43.3 Å². The third-order valence-electron chi connectivity index (χ3n) is 4.59. The molecule has 2 aromatic carbocycles. The van der Waals surface area contributed by atoms with Crippen molar-refractivity contribution in [3.8, 4) is 0 Å². The highest BCUT2D eigenvalue weighted by Gasteiger charge is 2.17. The van der Waals surface area contributed by atoms with Gasteiger partial charge in [-0.25, -0.2) is 4.79 Å². The van der Waals surface area contributed by atoms with Gasteiger partial charge in [0.1, 0.15) is 0 Å². The van der Waals surface area contributed by atoms with Gasteiger partial charge in [0.05, 0.1) is 34.5 Å². The number of hydrogen-bond acceptors (Lipinski definition) is 4. The van der Waals surface area contributed by atoms with Crippen molar-refractivity contribution < 1.29 is 19.4 Å². The molecule has 1 heterocycles. The molecule has 0 bridgehead atoms. The van der Waals surface area contributed by atoms with Crippen LogP contribution in [0.25, 0.3) is 5.57 Å². The molecule has 1 aliphatic rings. The van der Waals surface area contributed by atoms with E-state index in [1.165, 1.54) is 6.08 Å². The summed E-state index contributed by atoms with van der Waals surface area (Å²) in [5.74, 6) is -1.55. The van der Waals surface area contributed by atoms with Gasteiger partial charge in [0.15, 0.2) is 0 Å². The van der Waals surface area contributed by atoms with Crippen LogP contribution < -0.4 is 10.2 Å². The van der Waals surface area contributed by atoms with E-state index in [2.05, 4.69) is 10.2 Å². The van der Waals surface area contributed by atoms with Crippen LogP contribution in [0.4, 0.5) is 11.4 Å². The number of carbonyl (C=O) groups is 2. The second-order valence-corrected chi connectivity index (χ2v) is 7.39. The maximum absolute atomic E-state index is 12.4. The number of rotatable bonds is 5. The highest BCUT2D eigenvalue weighted by atomic mass is 35.5. The van der Waals surface area contributed by atoms with Crippen molar-refractivity contribution in [1.82, 2.24) is 0 Å². The zero-order valence-electron chi connectivity index (χ0n) is 15.7. The van der Waals surface area contributed by atoms with E-state index >= 15 is 0 Å². The van der Waals surface area contributed by atoms with E-state index < -0.39 is 11.9 Å². The first kappa shape index (κ1) is 21.2. The van der Waals surface area contributed by atoms with Crippen molar-refractivity contribution in [3.05, 3.63) is 63.6 Å². The molecule has 0 unspecified atom stereocenters. The first-order chi connectivity index (χ1) is 13.8. The fourth-order valence-electron chi connectivity index (χ4n) is 3.03. The monoisotopic (exact) mass is 434 g/mol. The topological polar surface area (TPSA) is 78.9 Å². The van der Waals surface area contributed by atoms with Crippen LogP contribution in [0.3, 0.4) is 0 Å². The van der Waals surface area contributed by atoms with Crippen LogP contribution in [0, 0.1) is 0 Å². The van der Waals surface area contributed by atoms with Crippen molar-refractivity contribution in [3.63, 3.8) is 0 Å². The normalized spacial score (nSPS) is 14.6. The molecular weight excluding hydrogens is 415 g/mol. The molecule has 1 saturated heterocycles. The SMILES string of the molecule is C/C(=C/C(=O)Nc1ccc(N2CCOCC2)cc1C(=O)O)c1ccc(Cl)c(Cl)c1. The summed E-state index contributed by atoms with van der Waals surface area (Å²) in [6, 6.07) is 10.0. The lowest BCUT2D eigenvalue weighted by Gasteiger charge is -2.29. The molecule has 1 aliphatic heterocycles. The quantitative estimate of drug-likeness (QED) is 0.673. The zero-order valence-corrected chi connectivity index (χ0v) is 17.3. The number of halogens is 2. The summed E-state index contributed by atoms with van der Waals surface area (Å²) in [6.45, 7) is 4.34. The number of morpholine rings is 1. The highest BCUT2D eigenvalue weighted by molar-refractivity contribution is 6.42. The number of benzene rings is 2. The van der Waals surface area contributed by atoms with Crippen molar-refractivity contribution in [2.24, 2.45) is 0 Å². The molecule has 1 amide bonds. The summed E-state index contributed by atoms with van der Waals surface area (Å²) >= 11 is 11.9. The third kappa shape index (κ3) is 5.29. The van der Waals surface area contributed by atoms with Crippen LogP contribution >= 0.6 is 23.2 Å². The van der Waals surface area contributed by atoms with E-state index in [9.17, 15) is 14.7 Å². The minimum atomic E-state index is -1.11. The number of aromatic carboxylic acids is 1. The van der Waals surface area contributed by atoms with Crippen molar-refractivity contribution in [1.29, 1.82) is 0 Å². The molecule has 0 aromatic heterocycles. The van der Waals surface area contributed by atoms with Gasteiger partial charge >= 0.3 is 5.97 Å². The Morgan fingerprint density at radius 1 is 1.10 bits per heavy atom. The smallest absolute Gasteiger partial charge is 0.337 e. The molecule has 2 N–H and O–H groups in total. The van der Waals surface area contributed by atoms with Gasteiger partial charge in [-0.05, 0) is 48.4 Å². The number of ether oxygens (including phenoxy) is 1. The Hall–Kier alpha value is -2.54. The van der Waals surface area contributed by atoms with E-state index in [0.717, 1.165) is 11.3 Å². The molecule has 0 radical (unpaired) electrons. The number of nitrogens with zero attached hydrogens (tertiary/aromatic N) is 1. The Labute approximate surface area is 178 Å². The maximum Gasteiger partial charge on any atom is 0.337 e. The number of hydrogen-bond donors (Lipinski definition) is 2. The highest BCUT2D eigenvalue weighted by Crippen LogP contribution is 2.27. The molecule has 6 nitrogen and oxygen atoms in total. The van der Waals surface area contributed by atoms with Gasteiger partial charge in [-0.2, -0.15) is 0 Å². The number of allylic oxidation sites excluding steroid dienone is 1. The lowest BCUT2D eigenvalue weighted by Crippen LogP contribution is -2.36. The van der Waals surface area contributed by atoms with Crippen molar-refractivity contribution >= 4 is 52.0 Å². The molecular formula is C21H20Cl2N2O4. The first-order valence-corrected chi connectivity index (χ1v) is 9.75. The molecule has 0 aliphatic carbocycles. The predicted molar refractivity (Wildman–Crippen MR) is 115 cm³/mol. The molecule has 29 heavy (non-hydrogen) atoms. The van der Waals surface area contributed by atoms with Gasteiger partial charge in [-0.1, -0.05) is 29.3 Å². The van der Waals surface area contributed by atoms with Gasteiger partial charge in [0.25, 0.3) is 0 Å². The van der Waals surface area contributed by atoms with Crippen LogP contribution in [0.5, 0.6) is 0 Å². The Balaban J connectivity index is 1.79. The second kappa shape index (κ2) is 9.31. The van der Waals surface area contributed by atoms with E-state index in [4.69, 9.17) is 27.9 Å². The van der Waals surface area contributed by atoms with E-state index in [1.54, 1.807) is 43.3 Å². The van der Waals surface area contributed by atoms with E-state index in [0.29, 0.717) is 41.9 Å². The van der Waals surface area contributed by atoms with Crippen LogP contribution in [0.2, 0.25) is 10.0 Å². The Morgan fingerprint density at radius 3 is 2.48 bits per heavy atom. The van der Waals surface area contributed by atoms with Crippen LogP contribution in [0.1, 0.15) is 22.8 Å². The number of carboxylic acids is 1. The average molecular weight is 435 g/mol. The third-order valence-corrected chi connectivity index (χ3v) is 5.33. The summed E-state index contributed by atoms with van der Waals surface area (Å²) in [5.41, 5.74) is 2.46. The molecule has 0 saturated carbocycles. The summed E-state index contributed by atoms with van der Waals surface area (Å²) in [7, 11) is 0. The lowest BCUT2D eigenvalue weighted by molar-refractivity contribution is -0.111. The molecule has 1 fully saturated rings. The second-order valence-electron chi connectivity index (χ2n) is 6.58. The van der Waals surface area contributed by atoms with E-state index in [-0.39, 0.29) is 11.3 Å². The first-order valence-electron chi connectivity index (χ1n) is 9.00. The number of amides is 1. The van der Waals surface area contributed by atoms with Crippen LogP contribution in [-0.2, 0) is 9.53 Å². The summed E-state index contributed by atoms with van der Waals surface area (Å²) in [4.78, 5) is 26.2. The summed E-state index contributed by atoms with van der Waals surface area (Å²) < 4.78 is 5.33. The van der Waals surface area contributed by atoms with Gasteiger partial charge < -0.3 is 20.1 Å². The van der Waals surface area contributed by atoms with Gasteiger partial charge in [0, 0.05) is 24.9 Å². The molecule has 0 spiro atoms. The van der Waals surface area contributed by atoms with Crippen molar-refractivity contribution in [2.45, 2.75) is 6.92 Å². The molecule has 152 valence electrons. The molecule has 0 atom stereocenters. The van der Waals surface area contributed by atoms with Gasteiger partial charge in [-0.3, -0.25) is 4.79 Å². The fourth-order valence-corrected chi connectivity index (χ4v) is 3.32. The summed E-state index contributed by atoms with van der Waals surface area (Å²) in [5, 5.41) is 13.1. The predicted octanol–water partition coefficient (Wildman–Crippen LogP) is 4.57. The largest absolute Gasteiger partial charge is 0.478 e. The Bertz CT molecular complexity index is 969. The Morgan fingerprint density at radius 2 is 1.83 bits per heavy atom.